The van der Waals surface area contributed by atoms with Crippen LogP contribution in [0.2, 0.25) is 0 Å². The predicted molar refractivity (Wildman–Crippen MR) is 64.2 cm³/mol. The number of rotatable bonds is 0. The van der Waals surface area contributed by atoms with E-state index < -0.39 is 0 Å². The first kappa shape index (κ1) is 11.7. The topological polar surface area (TPSA) is 26.8 Å². The molecule has 0 N–H and O–H groups in total. The van der Waals surface area contributed by atoms with Gasteiger partial charge in [0.15, 0.2) is 0 Å². The summed E-state index contributed by atoms with van der Waals surface area (Å²) >= 11 is 0. The molecule has 0 unspecified atom stereocenters. The standard InChI is InChI=1S/C12H22N3O/c1-13-6-5-9-15(11-10-13)12(16)14-7-3-2-4-8-14/h2H,3-11H2,1H3. The Balaban J connectivity index is 1.87. The average Bonchev–Trinajstić information content (AvgIpc) is 2.54. The maximum Gasteiger partial charge on any atom is 0.320 e. The third kappa shape index (κ3) is 2.88. The zero-order valence-corrected chi connectivity index (χ0v) is 10.2. The lowest BCUT2D eigenvalue weighted by molar-refractivity contribution is 0.150. The van der Waals surface area contributed by atoms with Crippen molar-refractivity contribution in [1.29, 1.82) is 0 Å². The summed E-state index contributed by atoms with van der Waals surface area (Å²) in [5, 5.41) is 0. The van der Waals surface area contributed by atoms with E-state index in [1.165, 1.54) is 0 Å². The van der Waals surface area contributed by atoms with Gasteiger partial charge in [-0.1, -0.05) is 0 Å². The molecule has 0 aromatic rings. The summed E-state index contributed by atoms with van der Waals surface area (Å²) in [7, 11) is 2.13. The van der Waals surface area contributed by atoms with Crippen molar-refractivity contribution in [3.05, 3.63) is 6.42 Å². The molecular formula is C12H22N3O. The summed E-state index contributed by atoms with van der Waals surface area (Å²) in [4.78, 5) is 18.6. The number of likely N-dealkylation sites (N-methyl/N-ethyl adjacent to an activating group) is 1. The van der Waals surface area contributed by atoms with E-state index in [1.54, 1.807) is 0 Å². The second kappa shape index (κ2) is 5.53. The molecular weight excluding hydrogens is 202 g/mol. The fraction of sp³-hybridized carbons (Fsp3) is 0.833. The molecule has 0 atom stereocenters. The molecule has 2 amide bonds. The van der Waals surface area contributed by atoms with Crippen LogP contribution >= 0.6 is 0 Å². The highest BCUT2D eigenvalue weighted by Gasteiger charge is 2.23. The van der Waals surface area contributed by atoms with Crippen molar-refractivity contribution >= 4 is 6.03 Å². The molecule has 2 heterocycles. The highest BCUT2D eigenvalue weighted by atomic mass is 16.2. The van der Waals surface area contributed by atoms with Crippen molar-refractivity contribution in [2.75, 3.05) is 46.3 Å². The Labute approximate surface area is 98.2 Å². The van der Waals surface area contributed by atoms with Gasteiger partial charge in [0.2, 0.25) is 0 Å². The van der Waals surface area contributed by atoms with Crippen molar-refractivity contribution in [1.82, 2.24) is 14.7 Å². The molecule has 0 aliphatic carbocycles. The lowest BCUT2D eigenvalue weighted by Crippen LogP contribution is -2.46. The van der Waals surface area contributed by atoms with E-state index >= 15 is 0 Å². The van der Waals surface area contributed by atoms with Crippen LogP contribution in [-0.2, 0) is 0 Å². The molecule has 0 spiro atoms. The second-order valence-corrected chi connectivity index (χ2v) is 4.78. The summed E-state index contributed by atoms with van der Waals surface area (Å²) < 4.78 is 0. The van der Waals surface area contributed by atoms with Crippen molar-refractivity contribution in [3.63, 3.8) is 0 Å². The van der Waals surface area contributed by atoms with E-state index in [0.717, 1.165) is 58.5 Å². The summed E-state index contributed by atoms with van der Waals surface area (Å²) in [6, 6.07) is 0.253. The normalized spacial score (nSPS) is 24.3. The molecule has 2 aliphatic heterocycles. The third-order valence-electron chi connectivity index (χ3n) is 3.47. The zero-order valence-electron chi connectivity index (χ0n) is 10.2. The van der Waals surface area contributed by atoms with Crippen LogP contribution in [-0.4, -0.2) is 67.0 Å². The number of urea groups is 1. The predicted octanol–water partition coefficient (Wildman–Crippen LogP) is 1.04. The van der Waals surface area contributed by atoms with Crippen molar-refractivity contribution < 1.29 is 4.79 Å². The van der Waals surface area contributed by atoms with Crippen LogP contribution in [0.1, 0.15) is 19.3 Å². The number of hydrogen-bond acceptors (Lipinski definition) is 2. The van der Waals surface area contributed by atoms with Gasteiger partial charge in [-0.3, -0.25) is 0 Å². The fourth-order valence-electron chi connectivity index (χ4n) is 2.38. The smallest absolute Gasteiger partial charge is 0.320 e. The van der Waals surface area contributed by atoms with Gasteiger partial charge < -0.3 is 14.7 Å². The van der Waals surface area contributed by atoms with Crippen LogP contribution in [0, 0.1) is 6.42 Å². The minimum atomic E-state index is 0.253. The molecule has 2 rings (SSSR count). The Kier molecular flexibility index (Phi) is 4.04. The number of likely N-dealkylation sites (tertiary alicyclic amines) is 1. The summed E-state index contributed by atoms with van der Waals surface area (Å²) in [5.74, 6) is 0. The molecule has 1 radical (unpaired) electrons. The average molecular weight is 224 g/mol. The highest BCUT2D eigenvalue weighted by Crippen LogP contribution is 2.12. The molecule has 0 aromatic heterocycles. The van der Waals surface area contributed by atoms with E-state index in [-0.39, 0.29) is 6.03 Å². The van der Waals surface area contributed by atoms with Crippen LogP contribution in [0.3, 0.4) is 0 Å². The molecule has 0 aromatic carbocycles. The van der Waals surface area contributed by atoms with Crippen LogP contribution in [0.15, 0.2) is 0 Å². The van der Waals surface area contributed by atoms with Gasteiger partial charge in [-0.25, -0.2) is 4.79 Å². The van der Waals surface area contributed by atoms with Crippen LogP contribution in [0.4, 0.5) is 4.79 Å². The molecule has 0 bridgehead atoms. The van der Waals surface area contributed by atoms with Crippen molar-refractivity contribution in [2.45, 2.75) is 19.3 Å². The lowest BCUT2D eigenvalue weighted by atomic mass is 10.1. The number of amides is 2. The number of piperidine rings is 1. The first-order valence-corrected chi connectivity index (χ1v) is 6.31. The Hall–Kier alpha value is -0.770. The Morgan fingerprint density at radius 2 is 1.62 bits per heavy atom. The monoisotopic (exact) mass is 224 g/mol. The first-order chi connectivity index (χ1) is 7.77. The van der Waals surface area contributed by atoms with Crippen molar-refractivity contribution in [2.24, 2.45) is 0 Å². The molecule has 2 saturated heterocycles. The van der Waals surface area contributed by atoms with Gasteiger partial charge in [0, 0.05) is 32.7 Å². The molecule has 16 heavy (non-hydrogen) atoms. The molecule has 2 aliphatic rings. The van der Waals surface area contributed by atoms with Gasteiger partial charge in [0.05, 0.1) is 0 Å². The maximum absolute atomic E-state index is 12.2. The third-order valence-corrected chi connectivity index (χ3v) is 3.47. The Morgan fingerprint density at radius 3 is 2.38 bits per heavy atom. The van der Waals surface area contributed by atoms with Gasteiger partial charge in [0.25, 0.3) is 0 Å². The summed E-state index contributed by atoms with van der Waals surface area (Å²) in [6.07, 6.45) is 5.49. The Bertz CT molecular complexity index is 238. The minimum absolute atomic E-state index is 0.253. The molecule has 4 heteroatoms. The summed E-state index contributed by atoms with van der Waals surface area (Å²) in [6.45, 7) is 5.73. The quantitative estimate of drug-likeness (QED) is 0.615. The van der Waals surface area contributed by atoms with Gasteiger partial charge in [-0.05, 0) is 39.3 Å². The Morgan fingerprint density at radius 1 is 0.938 bits per heavy atom. The highest BCUT2D eigenvalue weighted by molar-refractivity contribution is 5.74. The molecule has 2 fully saturated rings. The second-order valence-electron chi connectivity index (χ2n) is 4.78. The minimum Gasteiger partial charge on any atom is -0.325 e. The number of nitrogens with zero attached hydrogens (tertiary/aromatic N) is 3. The van der Waals surface area contributed by atoms with E-state index in [2.05, 4.69) is 18.4 Å². The molecule has 4 nitrogen and oxygen atoms in total. The summed E-state index contributed by atoms with van der Waals surface area (Å²) in [5.41, 5.74) is 0. The molecule has 0 saturated carbocycles. The van der Waals surface area contributed by atoms with Gasteiger partial charge in [-0.2, -0.15) is 0 Å². The van der Waals surface area contributed by atoms with Crippen molar-refractivity contribution in [3.8, 4) is 0 Å². The number of carbonyl (C=O) groups is 1. The van der Waals surface area contributed by atoms with E-state index in [0.29, 0.717) is 0 Å². The van der Waals surface area contributed by atoms with Gasteiger partial charge >= 0.3 is 6.03 Å². The molecule has 91 valence electrons. The SMILES string of the molecule is CN1CCCN(C(=O)N2CC[CH]CC2)CC1. The van der Waals surface area contributed by atoms with E-state index in [9.17, 15) is 4.79 Å². The fourth-order valence-corrected chi connectivity index (χ4v) is 2.38. The number of hydrogen-bond donors (Lipinski definition) is 0. The zero-order chi connectivity index (χ0) is 11.4. The van der Waals surface area contributed by atoms with Gasteiger partial charge in [0.1, 0.15) is 0 Å². The van der Waals surface area contributed by atoms with Gasteiger partial charge in [-0.15, -0.1) is 0 Å². The maximum atomic E-state index is 12.2. The van der Waals surface area contributed by atoms with E-state index in [4.69, 9.17) is 0 Å². The lowest BCUT2D eigenvalue weighted by Gasteiger charge is -2.32. The first-order valence-electron chi connectivity index (χ1n) is 6.31. The van der Waals surface area contributed by atoms with Crippen LogP contribution < -0.4 is 0 Å². The van der Waals surface area contributed by atoms with Crippen LogP contribution in [0.25, 0.3) is 0 Å². The number of carbonyl (C=O) groups excluding carboxylic acids is 1. The van der Waals surface area contributed by atoms with Crippen LogP contribution in [0.5, 0.6) is 0 Å². The largest absolute Gasteiger partial charge is 0.325 e. The van der Waals surface area contributed by atoms with E-state index in [1.807, 2.05) is 9.80 Å².